The second kappa shape index (κ2) is 7.34. The summed E-state index contributed by atoms with van der Waals surface area (Å²) >= 11 is 5.23. The molecular formula is C24H25IN2O2S. The highest BCUT2D eigenvalue weighted by Gasteiger charge is 2.30. The van der Waals surface area contributed by atoms with Gasteiger partial charge in [0.05, 0.1) is 4.99 Å². The van der Waals surface area contributed by atoms with Crippen molar-refractivity contribution in [2.75, 3.05) is 0 Å². The van der Waals surface area contributed by atoms with Gasteiger partial charge in [-0.1, -0.05) is 18.3 Å². The lowest BCUT2D eigenvalue weighted by atomic mass is 9.90. The van der Waals surface area contributed by atoms with E-state index in [1.807, 2.05) is 6.07 Å². The van der Waals surface area contributed by atoms with Gasteiger partial charge in [-0.05, 0) is 73.9 Å². The standard InChI is InChI=1S/C24H25IN2O2S/c1-12-13(2)27(3)21-7-6-15(8-16(12)21)18-10-20(25-26-24(18)30)19-9-17(14-4-5-14)22(28)11-23(19)29/h6-9,11,14,18,28-29H,4-5,10H2,1-3H3,(H,26,30). The third kappa shape index (κ3) is 3.24. The molecule has 2 aromatic carbocycles. The Balaban J connectivity index is 1.53. The van der Waals surface area contributed by atoms with Crippen molar-refractivity contribution < 1.29 is 10.2 Å². The molecule has 1 saturated carbocycles. The molecule has 1 aliphatic heterocycles. The first-order valence-electron chi connectivity index (χ1n) is 10.3. The minimum Gasteiger partial charge on any atom is -0.508 e. The summed E-state index contributed by atoms with van der Waals surface area (Å²) in [6.07, 6.45) is 3.05. The van der Waals surface area contributed by atoms with E-state index in [9.17, 15) is 10.2 Å². The van der Waals surface area contributed by atoms with Gasteiger partial charge in [-0.3, -0.25) is 0 Å². The van der Waals surface area contributed by atoms with Crippen molar-refractivity contribution in [3.8, 4) is 11.5 Å². The molecule has 4 nitrogen and oxygen atoms in total. The van der Waals surface area contributed by atoms with Gasteiger partial charge in [0.2, 0.25) is 0 Å². The van der Waals surface area contributed by atoms with Crippen LogP contribution in [0.1, 0.15) is 59.0 Å². The molecule has 0 spiro atoms. The predicted octanol–water partition coefficient (Wildman–Crippen LogP) is 5.59. The van der Waals surface area contributed by atoms with Crippen LogP contribution in [-0.2, 0) is 7.05 Å². The third-order valence-corrected chi connectivity index (χ3v) is 9.92. The molecule has 6 heteroatoms. The maximum atomic E-state index is 10.6. The summed E-state index contributed by atoms with van der Waals surface area (Å²) in [5.41, 5.74) is 6.91. The quantitative estimate of drug-likeness (QED) is 0.234. The number of halogens is 1. The number of phenolic OH excluding ortho intramolecular Hbond substituents is 2. The summed E-state index contributed by atoms with van der Waals surface area (Å²) in [5.74, 6) is 0.923. The zero-order valence-corrected chi connectivity index (χ0v) is 20.3. The molecule has 2 aliphatic rings. The molecule has 1 aromatic heterocycles. The molecule has 0 amide bonds. The molecule has 30 heavy (non-hydrogen) atoms. The Morgan fingerprint density at radius 2 is 1.87 bits per heavy atom. The molecule has 1 aliphatic carbocycles. The third-order valence-electron chi connectivity index (χ3n) is 6.64. The van der Waals surface area contributed by atoms with E-state index in [0.717, 1.165) is 35.4 Å². The fourth-order valence-corrected chi connectivity index (χ4v) is 7.26. The highest BCUT2D eigenvalue weighted by molar-refractivity contribution is 14.2. The second-order valence-corrected chi connectivity index (χ2v) is 11.3. The van der Waals surface area contributed by atoms with E-state index in [1.165, 1.54) is 37.3 Å². The molecule has 0 bridgehead atoms. The van der Waals surface area contributed by atoms with E-state index in [4.69, 9.17) is 12.2 Å². The summed E-state index contributed by atoms with van der Waals surface area (Å²) in [6.45, 7) is 4.33. The Morgan fingerprint density at radius 1 is 1.10 bits per heavy atom. The molecule has 0 saturated heterocycles. The number of aryl methyl sites for hydroxylation is 2. The number of nitrogens with one attached hydrogen (secondary N) is 1. The van der Waals surface area contributed by atoms with Crippen LogP contribution in [0.15, 0.2) is 30.3 Å². The molecular weight excluding hydrogens is 507 g/mol. The Hall–Kier alpha value is -1.93. The number of phenols is 2. The minimum absolute atomic E-state index is 0.102. The molecule has 1 unspecified atom stereocenters. The first kappa shape index (κ1) is 20.0. The Morgan fingerprint density at radius 3 is 2.60 bits per heavy atom. The van der Waals surface area contributed by atoms with E-state index < -0.39 is 21.0 Å². The van der Waals surface area contributed by atoms with Crippen LogP contribution >= 0.6 is 33.2 Å². The van der Waals surface area contributed by atoms with Crippen molar-refractivity contribution in [2.45, 2.75) is 44.9 Å². The number of aromatic nitrogens is 1. The van der Waals surface area contributed by atoms with E-state index in [-0.39, 0.29) is 17.4 Å². The van der Waals surface area contributed by atoms with Crippen LogP contribution in [0.25, 0.3) is 10.9 Å². The van der Waals surface area contributed by atoms with Crippen LogP contribution in [-0.4, -0.2) is 23.3 Å². The van der Waals surface area contributed by atoms with Crippen molar-refractivity contribution in [3.05, 3.63) is 58.3 Å². The van der Waals surface area contributed by atoms with E-state index >= 15 is 0 Å². The van der Waals surface area contributed by atoms with Crippen LogP contribution in [0.3, 0.4) is 0 Å². The summed E-state index contributed by atoms with van der Waals surface area (Å²) in [6, 6.07) is 10.2. The number of benzene rings is 2. The van der Waals surface area contributed by atoms with Crippen molar-refractivity contribution in [1.29, 1.82) is 0 Å². The predicted molar refractivity (Wildman–Crippen MR) is 135 cm³/mol. The number of hydrogen-bond acceptors (Lipinski definition) is 3. The van der Waals surface area contributed by atoms with Gasteiger partial charge in [0, 0.05) is 65.7 Å². The Labute approximate surface area is 192 Å². The van der Waals surface area contributed by atoms with Crippen LogP contribution in [0.2, 0.25) is 0 Å². The maximum Gasteiger partial charge on any atom is 0.127 e. The molecule has 1 atom stereocenters. The normalized spacial score (nSPS) is 19.4. The van der Waals surface area contributed by atoms with Gasteiger partial charge in [0.1, 0.15) is 11.5 Å². The van der Waals surface area contributed by atoms with Gasteiger partial charge in [0.15, 0.2) is 0 Å². The molecule has 156 valence electrons. The first-order chi connectivity index (χ1) is 14.3. The van der Waals surface area contributed by atoms with Crippen LogP contribution in [0.4, 0.5) is 0 Å². The van der Waals surface area contributed by atoms with Gasteiger partial charge in [-0.15, -0.1) is 0 Å². The van der Waals surface area contributed by atoms with Crippen LogP contribution < -0.4 is 3.53 Å². The van der Waals surface area contributed by atoms with E-state index in [0.29, 0.717) is 5.92 Å². The second-order valence-electron chi connectivity index (χ2n) is 8.46. The summed E-state index contributed by atoms with van der Waals surface area (Å²) < 4.78 is 6.97. The van der Waals surface area contributed by atoms with Crippen LogP contribution in [0.5, 0.6) is 11.5 Å². The van der Waals surface area contributed by atoms with Crippen LogP contribution in [0, 0.1) is 13.8 Å². The lowest BCUT2D eigenvalue weighted by Gasteiger charge is -2.25. The lowest BCUT2D eigenvalue weighted by Crippen LogP contribution is -2.28. The maximum absolute atomic E-state index is 10.6. The highest BCUT2D eigenvalue weighted by atomic mass is 127. The lowest BCUT2D eigenvalue weighted by molar-refractivity contribution is 0.445. The molecule has 1 fully saturated rings. The number of thiocarbonyl (C=S) groups is 1. The average Bonchev–Trinajstić information content (AvgIpc) is 3.54. The van der Waals surface area contributed by atoms with Crippen molar-refractivity contribution in [3.63, 3.8) is 0 Å². The Kier molecular flexibility index (Phi) is 4.89. The monoisotopic (exact) mass is 532 g/mol. The zero-order valence-electron chi connectivity index (χ0n) is 17.3. The largest absolute Gasteiger partial charge is 0.508 e. The molecule has 3 aromatic rings. The first-order valence-corrected chi connectivity index (χ1v) is 12.8. The van der Waals surface area contributed by atoms with E-state index in [2.05, 4.69) is 47.2 Å². The summed E-state index contributed by atoms with van der Waals surface area (Å²) in [4.78, 5) is 0.900. The number of aromatic hydroxyl groups is 2. The minimum atomic E-state index is -0.491. The van der Waals surface area contributed by atoms with Gasteiger partial charge in [-0.2, -0.15) is 0 Å². The molecule has 0 radical (unpaired) electrons. The molecule has 2 heterocycles. The molecule has 5 rings (SSSR count). The van der Waals surface area contributed by atoms with Gasteiger partial charge in [0.25, 0.3) is 0 Å². The SMILES string of the molecule is Cc1c(C)n(C)c2ccc(C3CC(c4cc(C5CC5)c(O)cc4O)=INC3=S)cc12. The number of rotatable bonds is 3. The zero-order chi connectivity index (χ0) is 21.2. The highest BCUT2D eigenvalue weighted by Crippen LogP contribution is 2.46. The van der Waals surface area contributed by atoms with E-state index in [1.54, 1.807) is 0 Å². The van der Waals surface area contributed by atoms with Gasteiger partial charge >= 0.3 is 0 Å². The fraction of sp³-hybridized carbons (Fsp3) is 0.333. The Bertz CT molecular complexity index is 1240. The average molecular weight is 532 g/mol. The number of nitrogens with zero attached hydrogens (tertiary/aromatic N) is 1. The summed E-state index contributed by atoms with van der Waals surface area (Å²) in [7, 11) is 2.11. The topological polar surface area (TPSA) is 57.4 Å². The van der Waals surface area contributed by atoms with Crippen molar-refractivity contribution in [1.82, 2.24) is 8.10 Å². The number of hydrogen-bond donors (Lipinski definition) is 3. The van der Waals surface area contributed by atoms with Gasteiger partial charge in [-0.25, -0.2) is 0 Å². The van der Waals surface area contributed by atoms with Gasteiger partial charge < -0.3 is 18.3 Å². The number of fused-ring (bicyclic) bond motifs is 1. The van der Waals surface area contributed by atoms with Crippen molar-refractivity contribution >= 4 is 52.6 Å². The smallest absolute Gasteiger partial charge is 0.127 e. The molecule has 3 N–H and O–H groups in total. The van der Waals surface area contributed by atoms with Crippen molar-refractivity contribution in [2.24, 2.45) is 7.05 Å². The fourth-order valence-electron chi connectivity index (χ4n) is 4.43. The summed E-state index contributed by atoms with van der Waals surface area (Å²) in [5, 5.41) is 22.1.